The molecule has 1 N–H and O–H groups in total. The molecule has 4 aromatic carbocycles. The molecular weight excluding hydrogens is 673 g/mol. The molecule has 0 spiro atoms. The second-order valence-corrected chi connectivity index (χ2v) is 12.9. The normalized spacial score (nSPS) is 13.4. The first-order valence-corrected chi connectivity index (χ1v) is 16.9. The fraction of sp³-hybridized carbons (Fsp3) is 0.150. The van der Waals surface area contributed by atoms with Crippen LogP contribution in [0.15, 0.2) is 91.3 Å². The van der Waals surface area contributed by atoms with Crippen LogP contribution in [0.3, 0.4) is 0 Å². The van der Waals surface area contributed by atoms with Crippen molar-refractivity contribution in [1.29, 1.82) is 0 Å². The molecule has 2 aliphatic heterocycles. The minimum absolute atomic E-state index is 0.0366. The van der Waals surface area contributed by atoms with Crippen LogP contribution in [0.5, 0.6) is 0 Å². The smallest absolute Gasteiger partial charge is 0.161 e. The summed E-state index contributed by atoms with van der Waals surface area (Å²) in [5, 5.41) is 8.87. The van der Waals surface area contributed by atoms with Gasteiger partial charge in [-0.1, -0.05) is 30.3 Å². The van der Waals surface area contributed by atoms with Crippen LogP contribution in [0.25, 0.3) is 66.8 Å². The van der Waals surface area contributed by atoms with Crippen LogP contribution in [0, 0.1) is 29.1 Å². The molecule has 52 heavy (non-hydrogen) atoms. The lowest BCUT2D eigenvalue weighted by molar-refractivity contribution is 0.496. The Labute approximate surface area is 293 Å². The molecule has 0 radical (unpaired) electrons. The molecule has 258 valence electrons. The summed E-state index contributed by atoms with van der Waals surface area (Å²) in [5.41, 5.74) is 5.52. The Morgan fingerprint density at radius 3 is 2.04 bits per heavy atom. The lowest BCUT2D eigenvalue weighted by Gasteiger charge is -2.10. The van der Waals surface area contributed by atoms with Crippen LogP contribution in [-0.2, 0) is 25.9 Å². The summed E-state index contributed by atoms with van der Waals surface area (Å²) in [4.78, 5) is 13.5. The van der Waals surface area contributed by atoms with Crippen LogP contribution in [0.2, 0.25) is 0 Å². The molecule has 12 heteroatoms. The summed E-state index contributed by atoms with van der Waals surface area (Å²) in [5.74, 6) is -2.61. The first-order valence-electron chi connectivity index (χ1n) is 16.9. The van der Waals surface area contributed by atoms with Crippen LogP contribution < -0.4 is 0 Å². The molecule has 0 bridgehead atoms. The maximum atomic E-state index is 14.4. The number of halogens is 5. The first kappa shape index (κ1) is 31.8. The van der Waals surface area contributed by atoms with Crippen molar-refractivity contribution in [3.05, 3.63) is 132 Å². The Kier molecular flexibility index (Phi) is 7.67. The molecule has 4 aromatic heterocycles. The second kappa shape index (κ2) is 12.6. The third kappa shape index (κ3) is 5.33. The molecule has 0 saturated carbocycles. The number of nitrogens with zero attached hydrogens (tertiary/aromatic N) is 6. The molecule has 0 unspecified atom stereocenters. The van der Waals surface area contributed by atoms with Crippen LogP contribution in [0.1, 0.15) is 24.5 Å². The molecule has 10 rings (SSSR count). The van der Waals surface area contributed by atoms with E-state index in [2.05, 4.69) is 29.7 Å². The van der Waals surface area contributed by atoms with Crippen molar-refractivity contribution in [1.82, 2.24) is 34.3 Å². The first-order chi connectivity index (χ1) is 25.3. The molecule has 0 saturated heterocycles. The van der Waals surface area contributed by atoms with Crippen molar-refractivity contribution >= 4 is 21.8 Å². The molecule has 2 aliphatic rings. The van der Waals surface area contributed by atoms with Crippen molar-refractivity contribution in [3.63, 3.8) is 0 Å². The molecule has 0 fully saturated rings. The van der Waals surface area contributed by atoms with Crippen molar-refractivity contribution in [3.8, 4) is 45.0 Å². The van der Waals surface area contributed by atoms with E-state index in [0.717, 1.165) is 95.1 Å². The van der Waals surface area contributed by atoms with Gasteiger partial charge in [0.25, 0.3) is 0 Å². The Bertz CT molecular complexity index is 2650. The summed E-state index contributed by atoms with van der Waals surface area (Å²) >= 11 is 0. The fourth-order valence-electron chi connectivity index (χ4n) is 7.34. The Morgan fingerprint density at radius 1 is 0.596 bits per heavy atom. The Hall–Kier alpha value is -6.17. The maximum absolute atomic E-state index is 14.4. The van der Waals surface area contributed by atoms with Gasteiger partial charge in [0.05, 0.1) is 39.9 Å². The van der Waals surface area contributed by atoms with Crippen molar-refractivity contribution < 1.29 is 22.0 Å². The zero-order valence-corrected chi connectivity index (χ0v) is 27.5. The number of pyridine rings is 1. The maximum Gasteiger partial charge on any atom is 0.161 e. The zero-order valence-electron chi connectivity index (χ0n) is 27.5. The molecule has 6 heterocycles. The predicted octanol–water partition coefficient (Wildman–Crippen LogP) is 9.45. The van der Waals surface area contributed by atoms with Gasteiger partial charge in [0, 0.05) is 65.7 Å². The van der Waals surface area contributed by atoms with Crippen molar-refractivity contribution in [2.45, 2.75) is 38.8 Å². The van der Waals surface area contributed by atoms with Crippen molar-refractivity contribution in [2.24, 2.45) is 0 Å². The quantitative estimate of drug-likeness (QED) is 0.147. The Morgan fingerprint density at radius 2 is 1.27 bits per heavy atom. The van der Waals surface area contributed by atoms with Gasteiger partial charge in [0.15, 0.2) is 11.6 Å². The number of benzene rings is 4. The highest BCUT2D eigenvalue weighted by Crippen LogP contribution is 2.40. The summed E-state index contributed by atoms with van der Waals surface area (Å²) in [6, 6.07) is 20.8. The second-order valence-electron chi connectivity index (χ2n) is 12.9. The highest BCUT2D eigenvalue weighted by Gasteiger charge is 2.28. The SMILES string of the molecule is Fc1cc(F)c(-c2nc3n(c2-c2ccc4cn[nH]c4c2)CCC3)cc1F.Fc1cccc(F)c1-c1nc2n(c1-c1ccc3ncccc3c1)CCC2. The third-order valence-electron chi connectivity index (χ3n) is 9.71. The van der Waals surface area contributed by atoms with Gasteiger partial charge in [-0.15, -0.1) is 0 Å². The Balaban J connectivity index is 0.000000138. The van der Waals surface area contributed by atoms with Gasteiger partial charge in [-0.05, 0) is 55.3 Å². The van der Waals surface area contributed by atoms with E-state index in [4.69, 9.17) is 0 Å². The fourth-order valence-corrected chi connectivity index (χ4v) is 7.34. The number of H-pyrrole nitrogens is 1. The summed E-state index contributed by atoms with van der Waals surface area (Å²) in [7, 11) is 0. The van der Waals surface area contributed by atoms with E-state index in [9.17, 15) is 22.0 Å². The average Bonchev–Trinajstić information content (AvgIpc) is 3.97. The van der Waals surface area contributed by atoms with Gasteiger partial charge in [0.2, 0.25) is 0 Å². The highest BCUT2D eigenvalue weighted by molar-refractivity contribution is 5.89. The van der Waals surface area contributed by atoms with E-state index in [1.165, 1.54) is 18.2 Å². The number of hydrogen-bond donors (Lipinski definition) is 1. The van der Waals surface area contributed by atoms with E-state index < -0.39 is 29.1 Å². The number of aryl methyl sites for hydroxylation is 2. The van der Waals surface area contributed by atoms with Crippen LogP contribution in [-0.4, -0.2) is 34.3 Å². The highest BCUT2D eigenvalue weighted by atomic mass is 19.2. The minimum Gasteiger partial charge on any atom is -0.327 e. The number of aromatic nitrogens is 7. The molecule has 0 amide bonds. The van der Waals surface area contributed by atoms with Gasteiger partial charge in [0.1, 0.15) is 34.8 Å². The summed E-state index contributed by atoms with van der Waals surface area (Å²) in [6.45, 7) is 1.56. The van der Waals surface area contributed by atoms with E-state index in [-0.39, 0.29) is 11.1 Å². The van der Waals surface area contributed by atoms with Gasteiger partial charge >= 0.3 is 0 Å². The van der Waals surface area contributed by atoms with Crippen LogP contribution in [0.4, 0.5) is 22.0 Å². The number of rotatable bonds is 4. The average molecular weight is 702 g/mol. The lowest BCUT2D eigenvalue weighted by Crippen LogP contribution is -1.98. The molecule has 0 aliphatic carbocycles. The number of imidazole rings is 2. The van der Waals surface area contributed by atoms with Gasteiger partial charge in [-0.2, -0.15) is 5.10 Å². The zero-order chi connectivity index (χ0) is 35.5. The van der Waals surface area contributed by atoms with E-state index in [0.29, 0.717) is 23.1 Å². The van der Waals surface area contributed by atoms with Crippen LogP contribution >= 0.6 is 0 Å². The standard InChI is InChI=1S/C21H15F2N3.C19H13F3N4/c22-15-5-1-6-16(23)19(15)20-21(26-11-3-7-18(26)25-20)14-8-9-17-13(12-14)4-2-10-24-17;20-13-8-15(22)14(21)7-12(13)18-19(26-5-1-2-17(26)24-18)10-3-4-11-9-23-25-16(11)6-10/h1-2,4-6,8-10,12H,3,7,11H2;3-4,6-9H,1-2,5H2,(H,23,25). The van der Waals surface area contributed by atoms with Gasteiger partial charge < -0.3 is 9.13 Å². The predicted molar refractivity (Wildman–Crippen MR) is 188 cm³/mol. The van der Waals surface area contributed by atoms with Gasteiger partial charge in [-0.3, -0.25) is 10.1 Å². The lowest BCUT2D eigenvalue weighted by atomic mass is 10.0. The third-order valence-corrected chi connectivity index (χ3v) is 9.71. The molecule has 7 nitrogen and oxygen atoms in total. The van der Waals surface area contributed by atoms with Gasteiger partial charge in [-0.25, -0.2) is 31.9 Å². The summed E-state index contributed by atoms with van der Waals surface area (Å²) in [6.07, 6.45) is 6.99. The largest absolute Gasteiger partial charge is 0.327 e. The van der Waals surface area contributed by atoms with E-state index in [1.54, 1.807) is 12.4 Å². The van der Waals surface area contributed by atoms with E-state index >= 15 is 0 Å². The minimum atomic E-state index is -1.21. The number of fused-ring (bicyclic) bond motifs is 4. The number of aromatic amines is 1. The number of hydrogen-bond acceptors (Lipinski definition) is 4. The van der Waals surface area contributed by atoms with Crippen molar-refractivity contribution in [2.75, 3.05) is 0 Å². The molecule has 0 atom stereocenters. The number of nitrogens with one attached hydrogen (secondary N) is 1. The van der Waals surface area contributed by atoms with E-state index in [1.807, 2.05) is 53.1 Å². The monoisotopic (exact) mass is 701 g/mol. The summed E-state index contributed by atoms with van der Waals surface area (Å²) < 4.78 is 74.5. The molecule has 8 aromatic rings. The molecular formula is C40H28F5N7. The topological polar surface area (TPSA) is 77.2 Å².